The van der Waals surface area contributed by atoms with Crippen molar-refractivity contribution < 1.29 is 27.8 Å². The van der Waals surface area contributed by atoms with Crippen molar-refractivity contribution in [1.29, 1.82) is 0 Å². The van der Waals surface area contributed by atoms with E-state index < -0.39 is 24.1 Å². The molecule has 1 aliphatic rings. The van der Waals surface area contributed by atoms with E-state index in [1.165, 1.54) is 12.1 Å². The van der Waals surface area contributed by atoms with Gasteiger partial charge in [-0.05, 0) is 62.1 Å². The van der Waals surface area contributed by atoms with Crippen LogP contribution in [-0.2, 0) is 9.59 Å². The van der Waals surface area contributed by atoms with Crippen LogP contribution in [0.4, 0.5) is 8.78 Å². The summed E-state index contributed by atoms with van der Waals surface area (Å²) in [7, 11) is 0. The second-order valence-corrected chi connectivity index (χ2v) is 7.70. The normalized spacial score (nSPS) is 18.2. The second kappa shape index (κ2) is 10.9. The van der Waals surface area contributed by atoms with Gasteiger partial charge in [0.2, 0.25) is 5.82 Å². The lowest BCUT2D eigenvalue weighted by atomic mass is 9.91. The Kier molecular flexibility index (Phi) is 8.06. The van der Waals surface area contributed by atoms with Gasteiger partial charge in [-0.3, -0.25) is 9.59 Å². The Morgan fingerprint density at radius 2 is 1.42 bits per heavy atom. The van der Waals surface area contributed by atoms with Crippen LogP contribution in [0, 0.1) is 11.6 Å². The highest BCUT2D eigenvalue weighted by Crippen LogP contribution is 2.21. The van der Waals surface area contributed by atoms with Crippen LogP contribution in [0.5, 0.6) is 11.5 Å². The highest BCUT2D eigenvalue weighted by atomic mass is 35.5. The SMILES string of the molecule is O=C(COc1ccc(Cl)cc1)N[C@H]1CC[C@H](NC(=O)COc2cccc(F)c2F)CC1. The van der Waals surface area contributed by atoms with Crippen LogP contribution in [0.25, 0.3) is 0 Å². The van der Waals surface area contributed by atoms with E-state index in [-0.39, 0.29) is 30.3 Å². The average molecular weight is 453 g/mol. The molecule has 0 saturated heterocycles. The van der Waals surface area contributed by atoms with Crippen LogP contribution >= 0.6 is 11.6 Å². The van der Waals surface area contributed by atoms with E-state index in [0.29, 0.717) is 36.5 Å². The van der Waals surface area contributed by atoms with Gasteiger partial charge in [-0.25, -0.2) is 4.39 Å². The van der Waals surface area contributed by atoms with Crippen LogP contribution in [0.15, 0.2) is 42.5 Å². The van der Waals surface area contributed by atoms with Crippen molar-refractivity contribution in [2.45, 2.75) is 37.8 Å². The summed E-state index contributed by atoms with van der Waals surface area (Å²) in [6.07, 6.45) is 2.78. The maximum absolute atomic E-state index is 13.5. The maximum atomic E-state index is 13.5. The first-order chi connectivity index (χ1) is 14.9. The molecule has 9 heteroatoms. The fourth-order valence-corrected chi connectivity index (χ4v) is 3.47. The minimum Gasteiger partial charge on any atom is -0.484 e. The van der Waals surface area contributed by atoms with E-state index in [0.717, 1.165) is 6.07 Å². The molecule has 0 spiro atoms. The maximum Gasteiger partial charge on any atom is 0.258 e. The Hall–Kier alpha value is -2.87. The van der Waals surface area contributed by atoms with Crippen molar-refractivity contribution in [3.8, 4) is 11.5 Å². The molecule has 0 radical (unpaired) electrons. The zero-order valence-corrected chi connectivity index (χ0v) is 17.5. The number of ether oxygens (including phenoxy) is 2. The molecule has 31 heavy (non-hydrogen) atoms. The fraction of sp³-hybridized carbons (Fsp3) is 0.364. The first kappa shape index (κ1) is 22.8. The van der Waals surface area contributed by atoms with Crippen molar-refractivity contribution in [3.63, 3.8) is 0 Å². The molecule has 0 unspecified atom stereocenters. The number of nitrogens with one attached hydrogen (secondary N) is 2. The predicted molar refractivity (Wildman–Crippen MR) is 111 cm³/mol. The summed E-state index contributed by atoms with van der Waals surface area (Å²) in [5.41, 5.74) is 0. The second-order valence-electron chi connectivity index (χ2n) is 7.27. The fourth-order valence-electron chi connectivity index (χ4n) is 3.34. The summed E-state index contributed by atoms with van der Waals surface area (Å²) in [6, 6.07) is 10.2. The molecular weight excluding hydrogens is 430 g/mol. The van der Waals surface area contributed by atoms with E-state index in [2.05, 4.69) is 10.6 Å². The molecule has 0 atom stereocenters. The van der Waals surface area contributed by atoms with Crippen LogP contribution in [0.2, 0.25) is 5.02 Å². The molecule has 1 saturated carbocycles. The first-order valence-corrected chi connectivity index (χ1v) is 10.3. The van der Waals surface area contributed by atoms with Crippen molar-refractivity contribution in [2.24, 2.45) is 0 Å². The van der Waals surface area contributed by atoms with Gasteiger partial charge >= 0.3 is 0 Å². The lowest BCUT2D eigenvalue weighted by Gasteiger charge is -2.29. The molecule has 1 aliphatic carbocycles. The molecule has 2 aromatic rings. The van der Waals surface area contributed by atoms with Gasteiger partial charge in [-0.2, -0.15) is 4.39 Å². The van der Waals surface area contributed by atoms with Gasteiger partial charge in [0.15, 0.2) is 24.8 Å². The van der Waals surface area contributed by atoms with Gasteiger partial charge in [-0.15, -0.1) is 0 Å². The first-order valence-electron chi connectivity index (χ1n) is 9.94. The summed E-state index contributed by atoms with van der Waals surface area (Å²) >= 11 is 5.81. The number of halogens is 3. The summed E-state index contributed by atoms with van der Waals surface area (Å²) in [4.78, 5) is 24.1. The average Bonchev–Trinajstić information content (AvgIpc) is 2.76. The molecule has 0 aliphatic heterocycles. The zero-order valence-electron chi connectivity index (χ0n) is 16.7. The van der Waals surface area contributed by atoms with Crippen molar-refractivity contribution in [3.05, 3.63) is 59.1 Å². The van der Waals surface area contributed by atoms with E-state index in [4.69, 9.17) is 21.1 Å². The lowest BCUT2D eigenvalue weighted by Crippen LogP contribution is -2.45. The molecule has 1 fully saturated rings. The monoisotopic (exact) mass is 452 g/mol. The summed E-state index contributed by atoms with van der Waals surface area (Å²) in [5, 5.41) is 6.34. The molecule has 2 N–H and O–H groups in total. The van der Waals surface area contributed by atoms with Crippen LogP contribution in [0.3, 0.4) is 0 Å². The topological polar surface area (TPSA) is 76.7 Å². The largest absolute Gasteiger partial charge is 0.484 e. The van der Waals surface area contributed by atoms with Gasteiger partial charge in [0.25, 0.3) is 11.8 Å². The van der Waals surface area contributed by atoms with Crippen molar-refractivity contribution in [2.75, 3.05) is 13.2 Å². The predicted octanol–water partition coefficient (Wildman–Crippen LogP) is 3.62. The molecule has 3 rings (SSSR count). The minimum atomic E-state index is -1.12. The van der Waals surface area contributed by atoms with Crippen LogP contribution in [-0.4, -0.2) is 37.1 Å². The quantitative estimate of drug-likeness (QED) is 0.641. The highest BCUT2D eigenvalue weighted by Gasteiger charge is 2.24. The molecule has 0 heterocycles. The number of rotatable bonds is 8. The van der Waals surface area contributed by atoms with Gasteiger partial charge < -0.3 is 20.1 Å². The summed E-state index contributed by atoms with van der Waals surface area (Å²) in [5.74, 6) is -2.52. The molecule has 0 aromatic heterocycles. The summed E-state index contributed by atoms with van der Waals surface area (Å²) < 4.78 is 37.2. The van der Waals surface area contributed by atoms with E-state index in [1.54, 1.807) is 24.3 Å². The Labute approximate surface area is 183 Å². The smallest absolute Gasteiger partial charge is 0.258 e. The third kappa shape index (κ3) is 7.10. The third-order valence-electron chi connectivity index (χ3n) is 4.92. The van der Waals surface area contributed by atoms with E-state index >= 15 is 0 Å². The van der Waals surface area contributed by atoms with Crippen LogP contribution < -0.4 is 20.1 Å². The van der Waals surface area contributed by atoms with Gasteiger partial charge in [0, 0.05) is 17.1 Å². The molecular formula is C22H23ClF2N2O4. The minimum absolute atomic E-state index is 0.00658. The molecule has 0 bridgehead atoms. The Morgan fingerprint density at radius 3 is 2.00 bits per heavy atom. The summed E-state index contributed by atoms with van der Waals surface area (Å²) in [6.45, 7) is -0.495. The number of amides is 2. The standard InChI is InChI=1S/C22H23ClF2N2O4/c23-14-4-10-17(11-5-14)30-12-20(28)26-15-6-8-16(9-7-15)27-21(29)13-31-19-3-1-2-18(24)22(19)25/h1-5,10-11,15-16H,6-9,12-13H2,(H,26,28)(H,27,29)/t15-,16-. The van der Waals surface area contributed by atoms with Gasteiger partial charge in [-0.1, -0.05) is 17.7 Å². The van der Waals surface area contributed by atoms with E-state index in [1.807, 2.05) is 0 Å². The lowest BCUT2D eigenvalue weighted by molar-refractivity contribution is -0.125. The number of carbonyl (C=O) groups excluding carboxylic acids is 2. The number of benzene rings is 2. The molecule has 2 aromatic carbocycles. The highest BCUT2D eigenvalue weighted by molar-refractivity contribution is 6.30. The molecule has 2 amide bonds. The van der Waals surface area contributed by atoms with Crippen LogP contribution in [0.1, 0.15) is 25.7 Å². The van der Waals surface area contributed by atoms with Crippen molar-refractivity contribution in [1.82, 2.24) is 10.6 Å². The Bertz CT molecular complexity index is 903. The number of carbonyl (C=O) groups is 2. The number of hydrogen-bond donors (Lipinski definition) is 2. The van der Waals surface area contributed by atoms with Gasteiger partial charge in [0.05, 0.1) is 0 Å². The molecule has 6 nitrogen and oxygen atoms in total. The third-order valence-corrected chi connectivity index (χ3v) is 5.17. The molecule has 166 valence electrons. The zero-order chi connectivity index (χ0) is 22.2. The van der Waals surface area contributed by atoms with Gasteiger partial charge in [0.1, 0.15) is 5.75 Å². The van der Waals surface area contributed by atoms with E-state index in [9.17, 15) is 18.4 Å². The number of hydrogen-bond acceptors (Lipinski definition) is 4. The Balaban J connectivity index is 1.33. The van der Waals surface area contributed by atoms with Crippen molar-refractivity contribution >= 4 is 23.4 Å². The Morgan fingerprint density at radius 1 is 0.871 bits per heavy atom.